The molecule has 0 spiro atoms. The van der Waals surface area contributed by atoms with E-state index in [1.54, 1.807) is 0 Å². The maximum Gasteiger partial charge on any atom is 0.416 e. The van der Waals surface area contributed by atoms with Gasteiger partial charge in [0.1, 0.15) is 0 Å². The maximum absolute atomic E-state index is 12.7. The first-order valence-corrected chi connectivity index (χ1v) is 5.64. The Kier molecular flexibility index (Phi) is 3.16. The van der Waals surface area contributed by atoms with E-state index in [4.69, 9.17) is 5.73 Å². The summed E-state index contributed by atoms with van der Waals surface area (Å²) >= 11 is 0.860. The van der Waals surface area contributed by atoms with Gasteiger partial charge in [0.25, 0.3) is 5.91 Å². The van der Waals surface area contributed by atoms with Crippen molar-refractivity contribution in [3.63, 3.8) is 0 Å². The first-order chi connectivity index (χ1) is 8.38. The van der Waals surface area contributed by atoms with Crippen molar-refractivity contribution in [3.05, 3.63) is 40.3 Å². The van der Waals surface area contributed by atoms with Crippen LogP contribution in [0.5, 0.6) is 0 Å². The number of amidine groups is 1. The number of halogens is 3. The largest absolute Gasteiger partial charge is 0.416 e. The minimum absolute atomic E-state index is 0.0377. The van der Waals surface area contributed by atoms with E-state index in [1.807, 2.05) is 0 Å². The summed E-state index contributed by atoms with van der Waals surface area (Å²) in [4.78, 5) is 14.8. The molecule has 1 aromatic carbocycles. The van der Waals surface area contributed by atoms with Crippen molar-refractivity contribution in [1.29, 1.82) is 0 Å². The number of amides is 1. The molecule has 1 aromatic rings. The molecule has 0 aliphatic carbocycles. The molecule has 0 atom stereocenters. The highest BCUT2D eigenvalue weighted by Crippen LogP contribution is 2.34. The van der Waals surface area contributed by atoms with Crippen molar-refractivity contribution in [2.75, 3.05) is 0 Å². The smallest absolute Gasteiger partial charge is 0.378 e. The van der Waals surface area contributed by atoms with Crippen LogP contribution in [-0.2, 0) is 11.0 Å². The topological polar surface area (TPSA) is 55.4 Å². The van der Waals surface area contributed by atoms with Gasteiger partial charge in [-0.2, -0.15) is 18.2 Å². The molecular formula is C11H7F3N2OS. The van der Waals surface area contributed by atoms with Crippen molar-refractivity contribution >= 4 is 28.9 Å². The molecular weight excluding hydrogens is 265 g/mol. The van der Waals surface area contributed by atoms with Crippen LogP contribution < -0.4 is 5.73 Å². The molecule has 0 bridgehead atoms. The molecule has 0 radical (unpaired) electrons. The molecule has 2 rings (SSSR count). The van der Waals surface area contributed by atoms with Gasteiger partial charge in [-0.3, -0.25) is 4.79 Å². The second-order valence-corrected chi connectivity index (χ2v) is 4.51. The summed E-state index contributed by atoms with van der Waals surface area (Å²) in [6.07, 6.45) is -3.31. The molecule has 1 amide bonds. The van der Waals surface area contributed by atoms with Gasteiger partial charge in [0.2, 0.25) is 0 Å². The molecule has 0 aromatic heterocycles. The number of aliphatic imine (C=N–C) groups is 1. The molecule has 2 N–H and O–H groups in total. The number of carbonyl (C=O) groups is 1. The number of hydrogen-bond donors (Lipinski definition) is 1. The lowest BCUT2D eigenvalue weighted by molar-refractivity contribution is -0.137. The number of rotatable bonds is 1. The standard InChI is InChI=1S/C11H7F3N2OS/c12-11(13,14)7-4-2-1-3-6(7)5-8-9(17)16-10(15)18-8/h1-5H,(H2,15,16,17)/b8-5-. The second-order valence-electron chi connectivity index (χ2n) is 3.45. The predicted octanol–water partition coefficient (Wildman–Crippen LogP) is 2.63. The summed E-state index contributed by atoms with van der Waals surface area (Å²) < 4.78 is 38.2. The van der Waals surface area contributed by atoms with E-state index in [-0.39, 0.29) is 15.6 Å². The number of carbonyl (C=O) groups excluding carboxylic acids is 1. The van der Waals surface area contributed by atoms with Crippen LogP contribution in [0.1, 0.15) is 11.1 Å². The third kappa shape index (κ3) is 2.56. The number of nitrogens with two attached hydrogens (primary N) is 1. The lowest BCUT2D eigenvalue weighted by atomic mass is 10.1. The SMILES string of the molecule is NC1=NC(=O)/C(=C/c2ccccc2C(F)(F)F)S1. The fraction of sp³-hybridized carbons (Fsp3) is 0.0909. The van der Waals surface area contributed by atoms with Gasteiger partial charge in [0.05, 0.1) is 10.5 Å². The Morgan fingerprint density at radius 2 is 1.94 bits per heavy atom. The third-order valence-electron chi connectivity index (χ3n) is 2.19. The predicted molar refractivity (Wildman–Crippen MR) is 63.6 cm³/mol. The molecule has 0 saturated carbocycles. The van der Waals surface area contributed by atoms with E-state index in [1.165, 1.54) is 18.2 Å². The number of alkyl halides is 3. The molecule has 18 heavy (non-hydrogen) atoms. The van der Waals surface area contributed by atoms with E-state index in [0.717, 1.165) is 23.9 Å². The highest BCUT2D eigenvalue weighted by Gasteiger charge is 2.33. The zero-order chi connectivity index (χ0) is 13.3. The average molecular weight is 272 g/mol. The Morgan fingerprint density at radius 3 is 2.50 bits per heavy atom. The van der Waals surface area contributed by atoms with Crippen molar-refractivity contribution in [2.24, 2.45) is 10.7 Å². The zero-order valence-electron chi connectivity index (χ0n) is 8.86. The highest BCUT2D eigenvalue weighted by molar-refractivity contribution is 8.18. The highest BCUT2D eigenvalue weighted by atomic mass is 32.2. The Bertz CT molecular complexity index is 564. The van der Waals surface area contributed by atoms with Crippen molar-refractivity contribution in [2.45, 2.75) is 6.18 Å². The summed E-state index contributed by atoms with van der Waals surface area (Å²) in [5.41, 5.74) is 4.45. The van der Waals surface area contributed by atoms with Gasteiger partial charge in [-0.1, -0.05) is 18.2 Å². The molecule has 0 saturated heterocycles. The monoisotopic (exact) mass is 272 g/mol. The fourth-order valence-electron chi connectivity index (χ4n) is 1.45. The molecule has 1 aliphatic heterocycles. The van der Waals surface area contributed by atoms with Gasteiger partial charge < -0.3 is 5.73 Å². The van der Waals surface area contributed by atoms with E-state index >= 15 is 0 Å². The minimum atomic E-state index is -4.47. The molecule has 1 heterocycles. The molecule has 1 aliphatic rings. The van der Waals surface area contributed by atoms with E-state index < -0.39 is 17.6 Å². The lowest BCUT2D eigenvalue weighted by Crippen LogP contribution is -2.07. The van der Waals surface area contributed by atoms with Gasteiger partial charge in [-0.05, 0) is 29.5 Å². The van der Waals surface area contributed by atoms with Gasteiger partial charge in [-0.15, -0.1) is 0 Å². The summed E-state index contributed by atoms with van der Waals surface area (Å²) in [6.45, 7) is 0. The molecule has 0 unspecified atom stereocenters. The van der Waals surface area contributed by atoms with Crippen LogP contribution in [0.3, 0.4) is 0 Å². The summed E-state index contributed by atoms with van der Waals surface area (Å²) in [5.74, 6) is -0.616. The van der Waals surface area contributed by atoms with Gasteiger partial charge in [-0.25, -0.2) is 0 Å². The van der Waals surface area contributed by atoms with Crippen molar-refractivity contribution < 1.29 is 18.0 Å². The molecule has 94 valence electrons. The van der Waals surface area contributed by atoms with Gasteiger partial charge in [0.15, 0.2) is 5.17 Å². The van der Waals surface area contributed by atoms with Crippen LogP contribution in [0.4, 0.5) is 13.2 Å². The van der Waals surface area contributed by atoms with Crippen LogP contribution >= 0.6 is 11.8 Å². The van der Waals surface area contributed by atoms with E-state index in [2.05, 4.69) is 4.99 Å². The van der Waals surface area contributed by atoms with Crippen molar-refractivity contribution in [3.8, 4) is 0 Å². The normalized spacial score (nSPS) is 18.3. The maximum atomic E-state index is 12.7. The second kappa shape index (κ2) is 4.49. The third-order valence-corrected chi connectivity index (χ3v) is 3.00. The number of thioether (sulfide) groups is 1. The quantitative estimate of drug-likeness (QED) is 0.799. The Hall–Kier alpha value is -1.76. The van der Waals surface area contributed by atoms with E-state index in [9.17, 15) is 18.0 Å². The van der Waals surface area contributed by atoms with Crippen LogP contribution in [0.25, 0.3) is 6.08 Å². The minimum Gasteiger partial charge on any atom is -0.378 e. The molecule has 7 heteroatoms. The summed E-state index contributed by atoms with van der Waals surface area (Å²) in [6, 6.07) is 5.01. The number of benzene rings is 1. The molecule has 3 nitrogen and oxygen atoms in total. The first-order valence-electron chi connectivity index (χ1n) is 4.82. The van der Waals surface area contributed by atoms with Crippen molar-refractivity contribution in [1.82, 2.24) is 0 Å². The Labute approximate surface area is 105 Å². The first kappa shape index (κ1) is 12.7. The van der Waals surface area contributed by atoms with Crippen LogP contribution in [0.15, 0.2) is 34.2 Å². The molecule has 0 fully saturated rings. The lowest BCUT2D eigenvalue weighted by Gasteiger charge is -2.09. The fourth-order valence-corrected chi connectivity index (χ4v) is 2.12. The van der Waals surface area contributed by atoms with Crippen LogP contribution in [-0.4, -0.2) is 11.1 Å². The zero-order valence-corrected chi connectivity index (χ0v) is 9.68. The van der Waals surface area contributed by atoms with Gasteiger partial charge >= 0.3 is 6.18 Å². The van der Waals surface area contributed by atoms with Gasteiger partial charge in [0, 0.05) is 0 Å². The summed E-state index contributed by atoms with van der Waals surface area (Å²) in [5, 5.41) is 0.0377. The summed E-state index contributed by atoms with van der Waals surface area (Å²) in [7, 11) is 0. The number of nitrogens with zero attached hydrogens (tertiary/aromatic N) is 1. The Morgan fingerprint density at radius 1 is 1.28 bits per heavy atom. The van der Waals surface area contributed by atoms with E-state index in [0.29, 0.717) is 0 Å². The van der Waals surface area contributed by atoms with Crippen LogP contribution in [0, 0.1) is 0 Å². The number of hydrogen-bond acceptors (Lipinski definition) is 3. The van der Waals surface area contributed by atoms with Crippen LogP contribution in [0.2, 0.25) is 0 Å². The average Bonchev–Trinajstić information content (AvgIpc) is 2.57. The Balaban J connectivity index is 2.42.